The van der Waals surface area contributed by atoms with Crippen molar-refractivity contribution in [1.29, 1.82) is 0 Å². The van der Waals surface area contributed by atoms with Crippen LogP contribution in [0.3, 0.4) is 0 Å². The molecule has 1 aromatic carbocycles. The molecular formula is C15H17NO5. The first-order valence-corrected chi connectivity index (χ1v) is 6.70. The minimum atomic E-state index is -0.570. The van der Waals surface area contributed by atoms with Crippen molar-refractivity contribution < 1.29 is 23.8 Å². The van der Waals surface area contributed by atoms with Crippen LogP contribution < -0.4 is 14.8 Å². The van der Waals surface area contributed by atoms with Crippen LogP contribution in [0.5, 0.6) is 11.5 Å². The molecule has 0 atom stereocenters. The Morgan fingerprint density at radius 2 is 2.14 bits per heavy atom. The van der Waals surface area contributed by atoms with E-state index in [1.165, 1.54) is 6.08 Å². The lowest BCUT2D eigenvalue weighted by Gasteiger charge is -2.03. The Morgan fingerprint density at radius 3 is 2.95 bits per heavy atom. The topological polar surface area (TPSA) is 73.9 Å². The van der Waals surface area contributed by atoms with Gasteiger partial charge in [-0.1, -0.05) is 13.0 Å². The van der Waals surface area contributed by atoms with Gasteiger partial charge in [-0.15, -0.1) is 0 Å². The summed E-state index contributed by atoms with van der Waals surface area (Å²) in [5.74, 6) is 0.452. The molecule has 1 aliphatic heterocycles. The van der Waals surface area contributed by atoms with Gasteiger partial charge in [-0.3, -0.25) is 4.79 Å². The smallest absolute Gasteiger partial charge is 0.331 e. The second kappa shape index (κ2) is 7.33. The summed E-state index contributed by atoms with van der Waals surface area (Å²) in [4.78, 5) is 22.7. The van der Waals surface area contributed by atoms with Gasteiger partial charge >= 0.3 is 5.97 Å². The predicted octanol–water partition coefficient (Wildman–Crippen LogP) is 1.50. The van der Waals surface area contributed by atoms with Gasteiger partial charge in [0.25, 0.3) is 5.91 Å². The molecule has 1 amide bonds. The normalized spacial score (nSPS) is 12.4. The zero-order valence-corrected chi connectivity index (χ0v) is 11.8. The van der Waals surface area contributed by atoms with Crippen molar-refractivity contribution in [3.8, 4) is 11.5 Å². The van der Waals surface area contributed by atoms with E-state index in [9.17, 15) is 9.59 Å². The highest BCUT2D eigenvalue weighted by Crippen LogP contribution is 2.32. The van der Waals surface area contributed by atoms with Gasteiger partial charge < -0.3 is 19.5 Å². The van der Waals surface area contributed by atoms with Crippen LogP contribution in [0.15, 0.2) is 24.3 Å². The number of ether oxygens (including phenoxy) is 3. The van der Waals surface area contributed by atoms with Crippen molar-refractivity contribution in [1.82, 2.24) is 5.32 Å². The summed E-state index contributed by atoms with van der Waals surface area (Å²) in [6, 6.07) is 5.33. The summed E-state index contributed by atoms with van der Waals surface area (Å²) in [6.45, 7) is 2.45. The Morgan fingerprint density at radius 1 is 1.33 bits per heavy atom. The molecule has 0 saturated heterocycles. The van der Waals surface area contributed by atoms with Crippen LogP contribution in [-0.2, 0) is 14.3 Å². The molecule has 1 N–H and O–H groups in total. The van der Waals surface area contributed by atoms with Gasteiger partial charge in [0.05, 0.1) is 0 Å². The lowest BCUT2D eigenvalue weighted by atomic mass is 10.2. The number of rotatable bonds is 6. The molecule has 0 saturated carbocycles. The summed E-state index contributed by atoms with van der Waals surface area (Å²) >= 11 is 0. The lowest BCUT2D eigenvalue weighted by molar-refractivity contribution is -0.143. The number of esters is 1. The molecule has 0 aromatic heterocycles. The van der Waals surface area contributed by atoms with Crippen LogP contribution >= 0.6 is 0 Å². The van der Waals surface area contributed by atoms with Gasteiger partial charge in [-0.05, 0) is 30.2 Å². The number of carbonyl (C=O) groups is 2. The van der Waals surface area contributed by atoms with Gasteiger partial charge in [0.1, 0.15) is 0 Å². The standard InChI is InChI=1S/C15H17NO5/c1-2-7-16-14(17)9-19-15(18)6-4-11-3-5-12-13(8-11)21-10-20-12/h3-6,8H,2,7,9-10H2,1H3,(H,16,17). The SMILES string of the molecule is CCCNC(=O)COC(=O)C=Cc1ccc2c(c1)OCO2. The number of amides is 1. The number of nitrogens with one attached hydrogen (secondary N) is 1. The van der Waals surface area contributed by atoms with Crippen LogP contribution in [-0.4, -0.2) is 31.8 Å². The highest BCUT2D eigenvalue weighted by Gasteiger charge is 2.12. The number of hydrogen-bond donors (Lipinski definition) is 1. The molecule has 0 unspecified atom stereocenters. The van der Waals surface area contributed by atoms with E-state index in [1.54, 1.807) is 24.3 Å². The van der Waals surface area contributed by atoms with E-state index < -0.39 is 5.97 Å². The first kappa shape index (κ1) is 14.9. The first-order chi connectivity index (χ1) is 10.2. The Bertz CT molecular complexity index is 553. The summed E-state index contributed by atoms with van der Waals surface area (Å²) in [5, 5.41) is 2.62. The van der Waals surface area contributed by atoms with Crippen LogP contribution in [0, 0.1) is 0 Å². The van der Waals surface area contributed by atoms with E-state index in [1.807, 2.05) is 6.92 Å². The van der Waals surface area contributed by atoms with Crippen LogP contribution in [0.25, 0.3) is 6.08 Å². The van der Waals surface area contributed by atoms with E-state index in [4.69, 9.17) is 14.2 Å². The van der Waals surface area contributed by atoms with Crippen molar-refractivity contribution in [2.45, 2.75) is 13.3 Å². The van der Waals surface area contributed by atoms with Crippen LogP contribution in [0.1, 0.15) is 18.9 Å². The first-order valence-electron chi connectivity index (χ1n) is 6.70. The second-order valence-electron chi connectivity index (χ2n) is 4.40. The molecule has 1 aromatic rings. The molecule has 6 heteroatoms. The number of fused-ring (bicyclic) bond motifs is 1. The number of hydrogen-bond acceptors (Lipinski definition) is 5. The Kier molecular flexibility index (Phi) is 5.20. The minimum Gasteiger partial charge on any atom is -0.454 e. The van der Waals surface area contributed by atoms with E-state index in [0.717, 1.165) is 12.0 Å². The molecule has 0 aliphatic carbocycles. The van der Waals surface area contributed by atoms with E-state index in [2.05, 4.69) is 5.32 Å². The third kappa shape index (κ3) is 4.52. The number of benzene rings is 1. The molecular weight excluding hydrogens is 274 g/mol. The lowest BCUT2D eigenvalue weighted by Crippen LogP contribution is -2.28. The van der Waals surface area contributed by atoms with Gasteiger partial charge in [0.15, 0.2) is 18.1 Å². The molecule has 1 heterocycles. The Balaban J connectivity index is 1.81. The minimum absolute atomic E-state index is 0.206. The van der Waals surface area contributed by atoms with Crippen LogP contribution in [0.4, 0.5) is 0 Å². The maximum atomic E-state index is 11.5. The largest absolute Gasteiger partial charge is 0.454 e. The maximum Gasteiger partial charge on any atom is 0.331 e. The third-order valence-corrected chi connectivity index (χ3v) is 2.73. The van der Waals surface area contributed by atoms with Crippen LogP contribution in [0.2, 0.25) is 0 Å². The maximum absolute atomic E-state index is 11.5. The average Bonchev–Trinajstić information content (AvgIpc) is 2.96. The summed E-state index contributed by atoms with van der Waals surface area (Å²) in [5.41, 5.74) is 0.784. The van der Waals surface area contributed by atoms with Gasteiger partial charge in [0, 0.05) is 12.6 Å². The summed E-state index contributed by atoms with van der Waals surface area (Å²) in [6.07, 6.45) is 3.70. The molecule has 0 radical (unpaired) electrons. The quantitative estimate of drug-likeness (QED) is 0.635. The molecule has 0 spiro atoms. The fourth-order valence-corrected chi connectivity index (χ4v) is 1.68. The molecule has 2 rings (SSSR count). The van der Waals surface area contributed by atoms with E-state index >= 15 is 0 Å². The highest BCUT2D eigenvalue weighted by molar-refractivity contribution is 5.89. The summed E-state index contributed by atoms with van der Waals surface area (Å²) < 4.78 is 15.3. The van der Waals surface area contributed by atoms with Gasteiger partial charge in [0.2, 0.25) is 6.79 Å². The molecule has 6 nitrogen and oxygen atoms in total. The van der Waals surface area contributed by atoms with Crippen molar-refractivity contribution >= 4 is 18.0 Å². The van der Waals surface area contributed by atoms with Crippen molar-refractivity contribution in [2.75, 3.05) is 19.9 Å². The van der Waals surface area contributed by atoms with Gasteiger partial charge in [-0.25, -0.2) is 4.79 Å². The zero-order valence-electron chi connectivity index (χ0n) is 11.8. The van der Waals surface area contributed by atoms with E-state index in [0.29, 0.717) is 18.0 Å². The average molecular weight is 291 g/mol. The molecule has 21 heavy (non-hydrogen) atoms. The summed E-state index contributed by atoms with van der Waals surface area (Å²) in [7, 11) is 0. The van der Waals surface area contributed by atoms with Crippen molar-refractivity contribution in [3.63, 3.8) is 0 Å². The second-order valence-corrected chi connectivity index (χ2v) is 4.40. The Hall–Kier alpha value is -2.50. The monoisotopic (exact) mass is 291 g/mol. The molecule has 0 fully saturated rings. The van der Waals surface area contributed by atoms with E-state index in [-0.39, 0.29) is 19.3 Å². The molecule has 0 bridgehead atoms. The molecule has 112 valence electrons. The number of carbonyl (C=O) groups excluding carboxylic acids is 2. The van der Waals surface area contributed by atoms with Crippen molar-refractivity contribution in [3.05, 3.63) is 29.8 Å². The fraction of sp³-hybridized carbons (Fsp3) is 0.333. The Labute approximate surface area is 122 Å². The molecule has 1 aliphatic rings. The zero-order chi connectivity index (χ0) is 15.1. The fourth-order valence-electron chi connectivity index (χ4n) is 1.68. The van der Waals surface area contributed by atoms with Gasteiger partial charge in [-0.2, -0.15) is 0 Å². The van der Waals surface area contributed by atoms with Crippen molar-refractivity contribution in [2.24, 2.45) is 0 Å². The predicted molar refractivity (Wildman–Crippen MR) is 75.9 cm³/mol. The highest BCUT2D eigenvalue weighted by atomic mass is 16.7. The third-order valence-electron chi connectivity index (χ3n) is 2.73.